The fourth-order valence-corrected chi connectivity index (χ4v) is 1.01. The van der Waals surface area contributed by atoms with Crippen LogP contribution in [-0.4, -0.2) is 11.8 Å². The van der Waals surface area contributed by atoms with Crippen molar-refractivity contribution in [3.63, 3.8) is 0 Å². The van der Waals surface area contributed by atoms with Crippen molar-refractivity contribution in [2.75, 3.05) is 0 Å². The quantitative estimate of drug-likeness (QED) is 0.856. The van der Waals surface area contributed by atoms with Crippen LogP contribution in [-0.2, 0) is 11.2 Å². The van der Waals surface area contributed by atoms with Crippen molar-refractivity contribution in [1.82, 2.24) is 0 Å². The van der Waals surface area contributed by atoms with Crippen molar-refractivity contribution in [3.8, 4) is 0 Å². The number of nitrogens with two attached hydrogens (primary N) is 1. The van der Waals surface area contributed by atoms with E-state index in [0.29, 0.717) is 6.42 Å². The standard InChI is InChI=1S/C10H13NO.2C2H6.H2/c1-8(12)10(11)7-9-5-3-2-4-6-9;2*1-2;/h2-6,10H,7,11H2,1H3;2*1-2H3;1H/t10-;;;/m1.../s1. The SMILES string of the molecule is CC.CC.CC(=O)[C@H](N)Cc1ccccc1.[HH]. The predicted octanol–water partition coefficient (Wildman–Crippen LogP) is 3.44. The Balaban J connectivity index is -0.000000355. The number of carbonyl (C=O) groups excluding carboxylic acids is 1. The second-order valence-electron chi connectivity index (χ2n) is 2.91. The molecule has 0 unspecified atom stereocenters. The van der Waals surface area contributed by atoms with Gasteiger partial charge in [-0.25, -0.2) is 0 Å². The minimum absolute atomic E-state index is 0. The van der Waals surface area contributed by atoms with E-state index in [1.807, 2.05) is 58.0 Å². The van der Waals surface area contributed by atoms with E-state index in [1.54, 1.807) is 0 Å². The molecule has 16 heavy (non-hydrogen) atoms. The first kappa shape index (κ1) is 17.3. The summed E-state index contributed by atoms with van der Waals surface area (Å²) in [5.74, 6) is 0.0406. The van der Waals surface area contributed by atoms with Crippen molar-refractivity contribution in [2.45, 2.75) is 47.1 Å². The summed E-state index contributed by atoms with van der Waals surface area (Å²) in [6, 6.07) is 9.44. The van der Waals surface area contributed by atoms with E-state index in [2.05, 4.69) is 0 Å². The maximum atomic E-state index is 10.8. The summed E-state index contributed by atoms with van der Waals surface area (Å²) < 4.78 is 0. The number of hydrogen-bond donors (Lipinski definition) is 1. The average Bonchev–Trinajstić information content (AvgIpc) is 2.35. The Morgan fingerprint density at radius 3 is 2.00 bits per heavy atom. The van der Waals surface area contributed by atoms with Gasteiger partial charge in [0.15, 0.2) is 0 Å². The van der Waals surface area contributed by atoms with Crippen molar-refractivity contribution in [3.05, 3.63) is 35.9 Å². The number of carbonyl (C=O) groups is 1. The highest BCUT2D eigenvalue weighted by atomic mass is 16.1. The molecule has 0 saturated carbocycles. The average molecular weight is 225 g/mol. The van der Waals surface area contributed by atoms with Gasteiger partial charge >= 0.3 is 0 Å². The molecular weight excluding hydrogens is 198 g/mol. The summed E-state index contributed by atoms with van der Waals surface area (Å²) in [6.07, 6.45) is 0.635. The molecule has 1 rings (SSSR count). The van der Waals surface area contributed by atoms with Gasteiger partial charge in [0.25, 0.3) is 0 Å². The van der Waals surface area contributed by atoms with Crippen LogP contribution in [0.2, 0.25) is 0 Å². The van der Waals surface area contributed by atoms with Gasteiger partial charge in [0.05, 0.1) is 6.04 Å². The first-order chi connectivity index (χ1) is 7.70. The maximum absolute atomic E-state index is 10.8. The fraction of sp³-hybridized carbons (Fsp3) is 0.500. The maximum Gasteiger partial charge on any atom is 0.146 e. The molecule has 0 bridgehead atoms. The zero-order valence-corrected chi connectivity index (χ0v) is 11.2. The van der Waals surface area contributed by atoms with E-state index in [9.17, 15) is 4.79 Å². The van der Waals surface area contributed by atoms with Gasteiger partial charge in [-0.1, -0.05) is 58.0 Å². The van der Waals surface area contributed by atoms with Crippen LogP contribution in [0.25, 0.3) is 0 Å². The highest BCUT2D eigenvalue weighted by molar-refractivity contribution is 5.81. The van der Waals surface area contributed by atoms with E-state index < -0.39 is 0 Å². The van der Waals surface area contributed by atoms with Crippen LogP contribution in [0.5, 0.6) is 0 Å². The largest absolute Gasteiger partial charge is 0.321 e. The van der Waals surface area contributed by atoms with Crippen LogP contribution >= 0.6 is 0 Å². The fourth-order valence-electron chi connectivity index (χ4n) is 1.01. The summed E-state index contributed by atoms with van der Waals surface area (Å²) in [5, 5.41) is 0. The Kier molecular flexibility index (Phi) is 12.9. The second-order valence-corrected chi connectivity index (χ2v) is 2.91. The summed E-state index contributed by atoms with van der Waals surface area (Å²) in [5.41, 5.74) is 6.71. The minimum atomic E-state index is -0.354. The van der Waals surface area contributed by atoms with E-state index in [0.717, 1.165) is 5.56 Å². The molecule has 0 fully saturated rings. The number of ketones is 1. The molecule has 0 aliphatic heterocycles. The molecule has 2 nitrogen and oxygen atoms in total. The number of rotatable bonds is 3. The lowest BCUT2D eigenvalue weighted by Crippen LogP contribution is -2.30. The van der Waals surface area contributed by atoms with Gasteiger partial charge in [0, 0.05) is 1.43 Å². The molecule has 0 heterocycles. The van der Waals surface area contributed by atoms with Gasteiger partial charge in [-0.15, -0.1) is 0 Å². The van der Waals surface area contributed by atoms with E-state index in [4.69, 9.17) is 5.73 Å². The van der Waals surface area contributed by atoms with Crippen LogP contribution < -0.4 is 5.73 Å². The lowest BCUT2D eigenvalue weighted by molar-refractivity contribution is -0.118. The molecule has 0 spiro atoms. The molecule has 1 aromatic rings. The van der Waals surface area contributed by atoms with Crippen LogP contribution in [0.1, 0.15) is 41.6 Å². The number of hydrogen-bond acceptors (Lipinski definition) is 2. The Morgan fingerprint density at radius 2 is 1.62 bits per heavy atom. The molecule has 94 valence electrons. The van der Waals surface area contributed by atoms with Gasteiger partial charge < -0.3 is 5.73 Å². The van der Waals surface area contributed by atoms with Crippen molar-refractivity contribution >= 4 is 5.78 Å². The second kappa shape index (κ2) is 11.9. The van der Waals surface area contributed by atoms with Gasteiger partial charge in [0.2, 0.25) is 0 Å². The van der Waals surface area contributed by atoms with E-state index in [1.165, 1.54) is 6.92 Å². The van der Waals surface area contributed by atoms with Crippen LogP contribution in [0.4, 0.5) is 0 Å². The van der Waals surface area contributed by atoms with Gasteiger partial charge in [-0.3, -0.25) is 4.79 Å². The molecule has 1 atom stereocenters. The van der Waals surface area contributed by atoms with Crippen molar-refractivity contribution < 1.29 is 6.22 Å². The van der Waals surface area contributed by atoms with Crippen LogP contribution in [0.15, 0.2) is 30.3 Å². The third kappa shape index (κ3) is 8.18. The monoisotopic (exact) mass is 225 g/mol. The molecule has 1 aromatic carbocycles. The Labute approximate surface area is 101 Å². The predicted molar refractivity (Wildman–Crippen MR) is 73.6 cm³/mol. The molecule has 2 N–H and O–H groups in total. The molecule has 2 heteroatoms. The molecular formula is C14H27NO. The Bertz CT molecular complexity index is 262. The highest BCUT2D eigenvalue weighted by Crippen LogP contribution is 2.01. The first-order valence-corrected chi connectivity index (χ1v) is 6.00. The zero-order chi connectivity index (χ0) is 13.0. The van der Waals surface area contributed by atoms with Crippen LogP contribution in [0.3, 0.4) is 0 Å². The lowest BCUT2D eigenvalue weighted by atomic mass is 10.0. The lowest BCUT2D eigenvalue weighted by Gasteiger charge is -2.06. The summed E-state index contributed by atoms with van der Waals surface area (Å²) in [6.45, 7) is 9.52. The van der Waals surface area contributed by atoms with Gasteiger partial charge in [-0.2, -0.15) is 0 Å². The smallest absolute Gasteiger partial charge is 0.146 e. The normalized spacial score (nSPS) is 10.1. The molecule has 0 aromatic heterocycles. The Hall–Kier alpha value is -1.15. The Morgan fingerprint density at radius 1 is 1.19 bits per heavy atom. The number of benzene rings is 1. The summed E-state index contributed by atoms with van der Waals surface area (Å²) in [7, 11) is 0. The highest BCUT2D eigenvalue weighted by Gasteiger charge is 2.07. The van der Waals surface area contributed by atoms with Crippen molar-refractivity contribution in [2.24, 2.45) is 5.73 Å². The molecule has 0 saturated heterocycles. The third-order valence-electron chi connectivity index (χ3n) is 1.82. The third-order valence-corrected chi connectivity index (χ3v) is 1.82. The van der Waals surface area contributed by atoms with Crippen LogP contribution in [0, 0.1) is 0 Å². The molecule has 0 aliphatic rings. The summed E-state index contributed by atoms with van der Waals surface area (Å²) in [4.78, 5) is 10.8. The first-order valence-electron chi connectivity index (χ1n) is 6.00. The van der Waals surface area contributed by atoms with E-state index >= 15 is 0 Å². The van der Waals surface area contributed by atoms with Crippen molar-refractivity contribution in [1.29, 1.82) is 0 Å². The minimum Gasteiger partial charge on any atom is -0.321 e. The van der Waals surface area contributed by atoms with E-state index in [-0.39, 0.29) is 13.3 Å². The number of Topliss-reactive ketones (excluding diaryl/α,β-unsaturated/α-hetero) is 1. The molecule has 0 aliphatic carbocycles. The zero-order valence-electron chi connectivity index (χ0n) is 11.2. The molecule has 0 radical (unpaired) electrons. The van der Waals surface area contributed by atoms with Gasteiger partial charge in [-0.05, 0) is 18.9 Å². The summed E-state index contributed by atoms with van der Waals surface area (Å²) >= 11 is 0. The molecule has 0 amide bonds. The topological polar surface area (TPSA) is 43.1 Å². The van der Waals surface area contributed by atoms with Gasteiger partial charge in [0.1, 0.15) is 5.78 Å².